The summed E-state index contributed by atoms with van der Waals surface area (Å²) in [5.41, 5.74) is -0.176. The molecule has 2 atom stereocenters. The van der Waals surface area contributed by atoms with Crippen molar-refractivity contribution in [1.82, 2.24) is 4.90 Å². The number of non-ortho nitro benzene ring substituents is 1. The van der Waals surface area contributed by atoms with Crippen molar-refractivity contribution in [2.75, 3.05) is 13.1 Å². The second kappa shape index (κ2) is 5.20. The molecule has 21 heavy (non-hydrogen) atoms. The zero-order chi connectivity index (χ0) is 15.0. The highest BCUT2D eigenvalue weighted by atomic mass is 16.6. The van der Waals surface area contributed by atoms with Gasteiger partial charge in [-0.2, -0.15) is 0 Å². The predicted octanol–water partition coefficient (Wildman–Crippen LogP) is 2.34. The molecule has 1 N–H and O–H groups in total. The summed E-state index contributed by atoms with van der Waals surface area (Å²) in [5.74, 6) is 0.378. The molecular formula is C15H16N2O4. The lowest BCUT2D eigenvalue weighted by molar-refractivity contribution is -0.384. The summed E-state index contributed by atoms with van der Waals surface area (Å²) in [7, 11) is 0. The first-order valence-electron chi connectivity index (χ1n) is 6.98. The van der Waals surface area contributed by atoms with Gasteiger partial charge in [-0.05, 0) is 30.7 Å². The summed E-state index contributed by atoms with van der Waals surface area (Å²) in [6, 6.07) is 3.55. The molecule has 1 amide bonds. The van der Waals surface area contributed by atoms with Gasteiger partial charge in [0.1, 0.15) is 5.75 Å². The van der Waals surface area contributed by atoms with Crippen molar-refractivity contribution in [3.05, 3.63) is 46.0 Å². The Labute approximate surface area is 121 Å². The number of nitro benzene ring substituents is 1. The van der Waals surface area contributed by atoms with Crippen LogP contribution in [0.3, 0.4) is 0 Å². The average molecular weight is 288 g/mol. The maximum atomic E-state index is 12.5. The van der Waals surface area contributed by atoms with Crippen molar-refractivity contribution in [3.63, 3.8) is 0 Å². The zero-order valence-corrected chi connectivity index (χ0v) is 11.4. The standard InChI is InChI=1S/C15H16N2O4/c18-14-6-5-12(17(20)21)7-13(14)15(19)16-8-10-3-1-2-4-11(10)9-16/h1-2,5-7,10-11,18H,3-4,8-9H2/t10-,11-/m1/s1. The van der Waals surface area contributed by atoms with E-state index in [1.165, 1.54) is 12.1 Å². The molecule has 0 spiro atoms. The van der Waals surface area contributed by atoms with E-state index in [-0.39, 0.29) is 22.9 Å². The van der Waals surface area contributed by atoms with E-state index < -0.39 is 4.92 Å². The van der Waals surface area contributed by atoms with E-state index in [0.29, 0.717) is 24.9 Å². The molecule has 110 valence electrons. The number of phenolic OH excluding ortho intramolecular Hbond substituents is 1. The number of hydrogen-bond donors (Lipinski definition) is 1. The number of nitro groups is 1. The van der Waals surface area contributed by atoms with Gasteiger partial charge in [0, 0.05) is 25.2 Å². The van der Waals surface area contributed by atoms with E-state index in [2.05, 4.69) is 12.2 Å². The van der Waals surface area contributed by atoms with E-state index in [9.17, 15) is 20.0 Å². The Hall–Kier alpha value is -2.37. The maximum absolute atomic E-state index is 12.5. The number of aromatic hydroxyl groups is 1. The molecular weight excluding hydrogens is 272 g/mol. The molecule has 1 aromatic carbocycles. The molecule has 0 saturated carbocycles. The molecule has 1 fully saturated rings. The van der Waals surface area contributed by atoms with Crippen LogP contribution in [-0.4, -0.2) is 33.9 Å². The highest BCUT2D eigenvalue weighted by Gasteiger charge is 2.36. The van der Waals surface area contributed by atoms with Gasteiger partial charge in [0.2, 0.25) is 0 Å². The summed E-state index contributed by atoms with van der Waals surface area (Å²) >= 11 is 0. The molecule has 2 aliphatic rings. The van der Waals surface area contributed by atoms with Crippen LogP contribution in [0.1, 0.15) is 23.2 Å². The fourth-order valence-corrected chi connectivity index (χ4v) is 3.16. The van der Waals surface area contributed by atoms with Gasteiger partial charge in [0.25, 0.3) is 11.6 Å². The molecule has 1 aromatic rings. The van der Waals surface area contributed by atoms with Gasteiger partial charge in [-0.25, -0.2) is 0 Å². The molecule has 6 heteroatoms. The molecule has 0 bridgehead atoms. The van der Waals surface area contributed by atoms with Gasteiger partial charge in [-0.15, -0.1) is 0 Å². The normalized spacial score (nSPS) is 23.9. The van der Waals surface area contributed by atoms with Crippen molar-refractivity contribution in [1.29, 1.82) is 0 Å². The largest absolute Gasteiger partial charge is 0.507 e. The first-order chi connectivity index (χ1) is 10.1. The zero-order valence-electron chi connectivity index (χ0n) is 11.4. The van der Waals surface area contributed by atoms with Gasteiger partial charge < -0.3 is 10.0 Å². The van der Waals surface area contributed by atoms with E-state index in [0.717, 1.165) is 18.9 Å². The molecule has 6 nitrogen and oxygen atoms in total. The number of benzene rings is 1. The second-order valence-electron chi connectivity index (χ2n) is 5.63. The summed E-state index contributed by atoms with van der Waals surface area (Å²) in [6.07, 6.45) is 6.21. The van der Waals surface area contributed by atoms with E-state index in [4.69, 9.17) is 0 Å². The molecule has 0 radical (unpaired) electrons. The van der Waals surface area contributed by atoms with Crippen LogP contribution in [0.25, 0.3) is 0 Å². The van der Waals surface area contributed by atoms with Crippen LogP contribution in [0.15, 0.2) is 30.4 Å². The quantitative estimate of drug-likeness (QED) is 0.514. The summed E-state index contributed by atoms with van der Waals surface area (Å²) in [4.78, 5) is 24.4. The third-order valence-electron chi connectivity index (χ3n) is 4.33. The number of rotatable bonds is 2. The fraction of sp³-hybridized carbons (Fsp3) is 0.400. The van der Waals surface area contributed by atoms with E-state index >= 15 is 0 Å². The lowest BCUT2D eigenvalue weighted by Gasteiger charge is -2.17. The van der Waals surface area contributed by atoms with Crippen molar-refractivity contribution < 1.29 is 14.8 Å². The first kappa shape index (κ1) is 13.6. The lowest BCUT2D eigenvalue weighted by Crippen LogP contribution is -2.29. The van der Waals surface area contributed by atoms with Crippen LogP contribution < -0.4 is 0 Å². The number of fused-ring (bicyclic) bond motifs is 1. The number of allylic oxidation sites excluding steroid dienone is 2. The summed E-state index contributed by atoms with van der Waals surface area (Å²) in [5, 5.41) is 20.6. The third-order valence-corrected chi connectivity index (χ3v) is 4.33. The molecule has 1 saturated heterocycles. The lowest BCUT2D eigenvalue weighted by atomic mass is 9.86. The number of phenols is 1. The maximum Gasteiger partial charge on any atom is 0.270 e. The van der Waals surface area contributed by atoms with Gasteiger partial charge in [-0.3, -0.25) is 14.9 Å². The SMILES string of the molecule is O=C(c1cc([N+](=O)[O-])ccc1O)N1C[C@H]2CC=CC[C@@H]2C1. The Morgan fingerprint density at radius 2 is 1.86 bits per heavy atom. The van der Waals surface area contributed by atoms with Crippen molar-refractivity contribution in [3.8, 4) is 5.75 Å². The minimum atomic E-state index is -0.566. The van der Waals surface area contributed by atoms with Crippen molar-refractivity contribution >= 4 is 11.6 Å². The fourth-order valence-electron chi connectivity index (χ4n) is 3.16. The van der Waals surface area contributed by atoms with Crippen LogP contribution in [0.2, 0.25) is 0 Å². The van der Waals surface area contributed by atoms with E-state index in [1.54, 1.807) is 4.90 Å². The number of likely N-dealkylation sites (tertiary alicyclic amines) is 1. The van der Waals surface area contributed by atoms with Crippen LogP contribution in [-0.2, 0) is 0 Å². The van der Waals surface area contributed by atoms with Gasteiger partial charge in [0.05, 0.1) is 10.5 Å². The number of amides is 1. The Morgan fingerprint density at radius 3 is 2.43 bits per heavy atom. The Bertz CT molecular complexity index is 610. The Balaban J connectivity index is 1.83. The van der Waals surface area contributed by atoms with E-state index in [1.807, 2.05) is 0 Å². The van der Waals surface area contributed by atoms with Gasteiger partial charge in [-0.1, -0.05) is 12.2 Å². The van der Waals surface area contributed by atoms with Crippen LogP contribution in [0, 0.1) is 22.0 Å². The first-order valence-corrected chi connectivity index (χ1v) is 6.98. The van der Waals surface area contributed by atoms with Crippen molar-refractivity contribution in [2.45, 2.75) is 12.8 Å². The number of carbonyl (C=O) groups is 1. The molecule has 0 aromatic heterocycles. The number of nitrogens with zero attached hydrogens (tertiary/aromatic N) is 2. The predicted molar refractivity (Wildman–Crippen MR) is 76.0 cm³/mol. The van der Waals surface area contributed by atoms with Crippen molar-refractivity contribution in [2.24, 2.45) is 11.8 Å². The Kier molecular flexibility index (Phi) is 3.37. The third kappa shape index (κ3) is 2.49. The number of carbonyl (C=O) groups excluding carboxylic acids is 1. The van der Waals surface area contributed by atoms with Gasteiger partial charge >= 0.3 is 0 Å². The smallest absolute Gasteiger partial charge is 0.270 e. The average Bonchev–Trinajstić information content (AvgIpc) is 2.90. The van der Waals surface area contributed by atoms with Gasteiger partial charge in [0.15, 0.2) is 0 Å². The molecule has 1 heterocycles. The monoisotopic (exact) mass is 288 g/mol. The highest BCUT2D eigenvalue weighted by Crippen LogP contribution is 2.34. The molecule has 3 rings (SSSR count). The second-order valence-corrected chi connectivity index (χ2v) is 5.63. The van der Waals surface area contributed by atoms with Crippen LogP contribution in [0.5, 0.6) is 5.75 Å². The Morgan fingerprint density at radius 1 is 1.24 bits per heavy atom. The molecule has 1 aliphatic carbocycles. The topological polar surface area (TPSA) is 83.7 Å². The minimum Gasteiger partial charge on any atom is -0.507 e. The number of hydrogen-bond acceptors (Lipinski definition) is 4. The highest BCUT2D eigenvalue weighted by molar-refractivity contribution is 5.97. The van der Waals surface area contributed by atoms with Crippen LogP contribution in [0.4, 0.5) is 5.69 Å². The molecule has 1 aliphatic heterocycles. The summed E-state index contributed by atoms with van der Waals surface area (Å²) < 4.78 is 0. The van der Waals surface area contributed by atoms with Crippen LogP contribution >= 0.6 is 0 Å². The summed E-state index contributed by atoms with van der Waals surface area (Å²) in [6.45, 7) is 1.30. The molecule has 0 unspecified atom stereocenters. The minimum absolute atomic E-state index is 0.0100.